The van der Waals surface area contributed by atoms with Crippen LogP contribution in [-0.2, 0) is 0 Å². The monoisotopic (exact) mass is 222 g/mol. The predicted octanol–water partition coefficient (Wildman–Crippen LogP) is -0.316. The fourth-order valence-corrected chi connectivity index (χ4v) is 2.61. The zero-order valence-electron chi connectivity index (χ0n) is 10.1. The van der Waals surface area contributed by atoms with Crippen LogP contribution < -0.4 is 11.2 Å². The standard InChI is InChI=1S/C12H22N4/c1-14-16-9-12(10-16)8-15-6-3-11(2-5-13)4-7-15/h11-12,14H,3-4,6-10,13H2,1H3. The highest BCUT2D eigenvalue weighted by molar-refractivity contribution is 5.01. The predicted molar refractivity (Wildman–Crippen MR) is 65.3 cm³/mol. The largest absolute Gasteiger partial charge is 0.359 e. The molecule has 0 amide bonds. The smallest absolute Gasteiger partial charge is 0.0245 e. The van der Waals surface area contributed by atoms with E-state index in [1.165, 1.54) is 45.6 Å². The van der Waals surface area contributed by atoms with E-state index in [2.05, 4.69) is 27.3 Å². The Morgan fingerprint density at radius 1 is 1.31 bits per heavy atom. The molecular formula is C12H22N4. The summed E-state index contributed by atoms with van der Waals surface area (Å²) < 4.78 is 0. The molecule has 0 saturated carbocycles. The Bertz CT molecular complexity index is 266. The summed E-state index contributed by atoms with van der Waals surface area (Å²) in [5.41, 5.74) is 8.42. The molecule has 2 fully saturated rings. The quantitative estimate of drug-likeness (QED) is 0.508. The Labute approximate surface area is 98.1 Å². The van der Waals surface area contributed by atoms with Crippen molar-refractivity contribution in [3.8, 4) is 12.0 Å². The Morgan fingerprint density at radius 3 is 2.56 bits per heavy atom. The molecule has 0 atom stereocenters. The van der Waals surface area contributed by atoms with Gasteiger partial charge in [-0.3, -0.25) is 5.43 Å². The zero-order chi connectivity index (χ0) is 11.4. The second-order valence-corrected chi connectivity index (χ2v) is 4.86. The maximum Gasteiger partial charge on any atom is 0.0245 e. The van der Waals surface area contributed by atoms with Crippen molar-refractivity contribution < 1.29 is 0 Å². The number of nitrogens with one attached hydrogen (secondary N) is 1. The number of piperidine rings is 1. The summed E-state index contributed by atoms with van der Waals surface area (Å²) in [7, 11) is 1.99. The molecule has 0 unspecified atom stereocenters. The lowest BCUT2D eigenvalue weighted by Crippen LogP contribution is -2.56. The summed E-state index contributed by atoms with van der Waals surface area (Å²) in [6, 6.07) is 2.55. The van der Waals surface area contributed by atoms with Crippen LogP contribution in [-0.4, -0.2) is 49.7 Å². The molecule has 0 radical (unpaired) electrons. The number of hydrogen-bond acceptors (Lipinski definition) is 4. The van der Waals surface area contributed by atoms with Crippen molar-refractivity contribution in [2.24, 2.45) is 17.6 Å². The van der Waals surface area contributed by atoms with Crippen molar-refractivity contribution in [3.63, 3.8) is 0 Å². The van der Waals surface area contributed by atoms with E-state index in [-0.39, 0.29) is 0 Å². The van der Waals surface area contributed by atoms with E-state index in [9.17, 15) is 0 Å². The van der Waals surface area contributed by atoms with Crippen LogP contribution in [0.3, 0.4) is 0 Å². The molecule has 2 aliphatic heterocycles. The maximum atomic E-state index is 5.25. The summed E-state index contributed by atoms with van der Waals surface area (Å²) >= 11 is 0. The Kier molecular flexibility index (Phi) is 4.05. The van der Waals surface area contributed by atoms with Crippen LogP contribution in [0.2, 0.25) is 0 Å². The minimum absolute atomic E-state index is 0.538. The molecule has 0 spiro atoms. The SMILES string of the molecule is CNN1CC(CN2CCC(C#CN)CC2)C1. The van der Waals surface area contributed by atoms with Crippen LogP contribution in [0.4, 0.5) is 0 Å². The van der Waals surface area contributed by atoms with Gasteiger partial charge in [0.05, 0.1) is 0 Å². The van der Waals surface area contributed by atoms with Crippen LogP contribution in [0.1, 0.15) is 12.8 Å². The summed E-state index contributed by atoms with van der Waals surface area (Å²) in [6.45, 7) is 6.02. The van der Waals surface area contributed by atoms with Crippen molar-refractivity contribution in [1.82, 2.24) is 15.3 Å². The molecule has 4 nitrogen and oxygen atoms in total. The van der Waals surface area contributed by atoms with Crippen LogP contribution >= 0.6 is 0 Å². The third-order valence-electron chi connectivity index (χ3n) is 3.66. The highest BCUT2D eigenvalue weighted by Gasteiger charge is 2.28. The molecule has 0 aromatic carbocycles. The van der Waals surface area contributed by atoms with Gasteiger partial charge in [-0.05, 0) is 38.9 Å². The summed E-state index contributed by atoms with van der Waals surface area (Å²) in [5.74, 6) is 4.48. The lowest BCUT2D eigenvalue weighted by molar-refractivity contribution is 0.0259. The fourth-order valence-electron chi connectivity index (χ4n) is 2.61. The van der Waals surface area contributed by atoms with Crippen molar-refractivity contribution >= 4 is 0 Å². The van der Waals surface area contributed by atoms with E-state index in [4.69, 9.17) is 5.73 Å². The lowest BCUT2D eigenvalue weighted by atomic mass is 9.95. The topological polar surface area (TPSA) is 44.5 Å². The number of rotatable bonds is 3. The first-order chi connectivity index (χ1) is 7.81. The second-order valence-electron chi connectivity index (χ2n) is 4.86. The second kappa shape index (κ2) is 5.53. The molecule has 2 saturated heterocycles. The van der Waals surface area contributed by atoms with Crippen LogP contribution in [0.25, 0.3) is 0 Å². The molecule has 90 valence electrons. The third kappa shape index (κ3) is 2.88. The van der Waals surface area contributed by atoms with E-state index in [0.29, 0.717) is 5.92 Å². The van der Waals surface area contributed by atoms with Gasteiger partial charge in [0.25, 0.3) is 0 Å². The van der Waals surface area contributed by atoms with Gasteiger partial charge in [-0.1, -0.05) is 5.92 Å². The van der Waals surface area contributed by atoms with Gasteiger partial charge in [0.15, 0.2) is 0 Å². The van der Waals surface area contributed by atoms with Gasteiger partial charge in [-0.2, -0.15) is 0 Å². The number of nitrogens with zero attached hydrogens (tertiary/aromatic N) is 2. The van der Waals surface area contributed by atoms with E-state index < -0.39 is 0 Å². The number of hydrazine groups is 1. The maximum absolute atomic E-state index is 5.25. The number of hydrogen-bond donors (Lipinski definition) is 2. The molecule has 2 rings (SSSR count). The van der Waals surface area contributed by atoms with Crippen LogP contribution in [0.15, 0.2) is 0 Å². The molecule has 4 heteroatoms. The van der Waals surface area contributed by atoms with Gasteiger partial charge in [0.1, 0.15) is 0 Å². The minimum atomic E-state index is 0.538. The van der Waals surface area contributed by atoms with E-state index in [1.807, 2.05) is 7.05 Å². The molecule has 0 aliphatic carbocycles. The first kappa shape index (κ1) is 11.7. The van der Waals surface area contributed by atoms with E-state index in [1.54, 1.807) is 0 Å². The zero-order valence-corrected chi connectivity index (χ0v) is 10.1. The van der Waals surface area contributed by atoms with Gasteiger partial charge < -0.3 is 10.6 Å². The minimum Gasteiger partial charge on any atom is -0.359 e. The average molecular weight is 222 g/mol. The van der Waals surface area contributed by atoms with Gasteiger partial charge in [-0.15, -0.1) is 0 Å². The Morgan fingerprint density at radius 2 is 2.00 bits per heavy atom. The fraction of sp³-hybridized carbons (Fsp3) is 0.833. The van der Waals surface area contributed by atoms with Gasteiger partial charge >= 0.3 is 0 Å². The summed E-state index contributed by atoms with van der Waals surface area (Å²) in [6.07, 6.45) is 2.37. The Balaban J connectivity index is 1.64. The first-order valence-corrected chi connectivity index (χ1v) is 6.17. The third-order valence-corrected chi connectivity index (χ3v) is 3.66. The summed E-state index contributed by atoms with van der Waals surface area (Å²) in [4.78, 5) is 2.58. The van der Waals surface area contributed by atoms with Gasteiger partial charge in [0, 0.05) is 31.6 Å². The molecule has 2 heterocycles. The molecular weight excluding hydrogens is 200 g/mol. The number of likely N-dealkylation sites (tertiary alicyclic amines) is 1. The van der Waals surface area contributed by atoms with Crippen LogP contribution in [0.5, 0.6) is 0 Å². The lowest BCUT2D eigenvalue weighted by Gasteiger charge is -2.42. The van der Waals surface area contributed by atoms with Gasteiger partial charge in [-0.25, -0.2) is 5.01 Å². The van der Waals surface area contributed by atoms with E-state index in [0.717, 1.165) is 5.92 Å². The highest BCUT2D eigenvalue weighted by Crippen LogP contribution is 2.20. The molecule has 16 heavy (non-hydrogen) atoms. The highest BCUT2D eigenvalue weighted by atomic mass is 15.5. The van der Waals surface area contributed by atoms with Gasteiger partial charge in [0.2, 0.25) is 0 Å². The molecule has 0 bridgehead atoms. The van der Waals surface area contributed by atoms with Crippen molar-refractivity contribution in [2.75, 3.05) is 39.8 Å². The Hall–Kier alpha value is -0.760. The molecule has 3 N–H and O–H groups in total. The van der Waals surface area contributed by atoms with E-state index >= 15 is 0 Å². The van der Waals surface area contributed by atoms with Crippen molar-refractivity contribution in [1.29, 1.82) is 0 Å². The summed E-state index contributed by atoms with van der Waals surface area (Å²) in [5, 5.41) is 2.26. The van der Waals surface area contributed by atoms with Crippen molar-refractivity contribution in [2.45, 2.75) is 12.8 Å². The molecule has 0 aromatic rings. The average Bonchev–Trinajstić information content (AvgIpc) is 2.25. The first-order valence-electron chi connectivity index (χ1n) is 6.17. The van der Waals surface area contributed by atoms with Crippen LogP contribution in [0, 0.1) is 23.8 Å². The normalized spacial score (nSPS) is 24.8. The molecule has 2 aliphatic rings. The molecule has 0 aromatic heterocycles. The van der Waals surface area contributed by atoms with Crippen molar-refractivity contribution in [3.05, 3.63) is 0 Å². The number of nitrogens with two attached hydrogens (primary N) is 1.